The van der Waals surface area contributed by atoms with Crippen LogP contribution in [-0.2, 0) is 0 Å². The van der Waals surface area contributed by atoms with Crippen molar-refractivity contribution in [2.24, 2.45) is 0 Å². The molecule has 0 heterocycles. The average Bonchev–Trinajstić information content (AvgIpc) is 2.23. The number of nitrogens with zero attached hydrogens (tertiary/aromatic N) is 1. The van der Waals surface area contributed by atoms with E-state index in [4.69, 9.17) is 16.6 Å². The highest BCUT2D eigenvalue weighted by molar-refractivity contribution is 5.96. The molecule has 5 nitrogen and oxygen atoms in total. The number of aliphatic hydroxyl groups excluding tert-OH is 1. The van der Waals surface area contributed by atoms with Crippen molar-refractivity contribution in [3.63, 3.8) is 0 Å². The Bertz CT molecular complexity index is 384. The van der Waals surface area contributed by atoms with Crippen LogP contribution in [0.5, 0.6) is 0 Å². The zero-order valence-electron chi connectivity index (χ0n) is 10.2. The average molecular weight is 237 g/mol. The highest BCUT2D eigenvalue weighted by Gasteiger charge is 2.18. The number of nitrogen functional groups attached to an aromatic ring is 2. The second-order valence-electron chi connectivity index (χ2n) is 4.20. The van der Waals surface area contributed by atoms with Crippen LogP contribution in [0.2, 0.25) is 0 Å². The first-order valence-corrected chi connectivity index (χ1v) is 5.53. The van der Waals surface area contributed by atoms with Crippen molar-refractivity contribution in [1.29, 1.82) is 0 Å². The van der Waals surface area contributed by atoms with Crippen LogP contribution in [0.4, 0.5) is 11.4 Å². The minimum Gasteiger partial charge on any atom is -0.399 e. The number of nitrogens with two attached hydrogens (primary N) is 2. The summed E-state index contributed by atoms with van der Waals surface area (Å²) < 4.78 is 0. The summed E-state index contributed by atoms with van der Waals surface area (Å²) in [5.74, 6) is -0.173. The van der Waals surface area contributed by atoms with Gasteiger partial charge in [-0.3, -0.25) is 4.79 Å². The number of carbonyl (C=O) groups excluding carboxylic acids is 1. The van der Waals surface area contributed by atoms with E-state index in [0.717, 1.165) is 0 Å². The molecule has 0 bridgehead atoms. The largest absolute Gasteiger partial charge is 0.399 e. The topological polar surface area (TPSA) is 92.6 Å². The number of amides is 1. The lowest BCUT2D eigenvalue weighted by Gasteiger charge is -2.26. The van der Waals surface area contributed by atoms with Crippen LogP contribution in [0.3, 0.4) is 0 Å². The van der Waals surface area contributed by atoms with Gasteiger partial charge in [0.1, 0.15) is 0 Å². The van der Waals surface area contributed by atoms with E-state index in [1.165, 1.54) is 0 Å². The molecular weight excluding hydrogens is 218 g/mol. The van der Waals surface area contributed by atoms with Crippen molar-refractivity contribution in [2.45, 2.75) is 19.9 Å². The Labute approximate surface area is 101 Å². The first-order valence-electron chi connectivity index (χ1n) is 5.53. The summed E-state index contributed by atoms with van der Waals surface area (Å²) in [6.45, 7) is 4.01. The minimum absolute atomic E-state index is 0.0114. The van der Waals surface area contributed by atoms with E-state index in [2.05, 4.69) is 0 Å². The van der Waals surface area contributed by atoms with Gasteiger partial charge in [-0.1, -0.05) is 0 Å². The molecule has 0 aliphatic carbocycles. The second kappa shape index (κ2) is 5.54. The van der Waals surface area contributed by atoms with Gasteiger partial charge >= 0.3 is 0 Å². The van der Waals surface area contributed by atoms with Gasteiger partial charge < -0.3 is 21.5 Å². The molecule has 0 unspecified atom stereocenters. The summed E-state index contributed by atoms with van der Waals surface area (Å²) in [6, 6.07) is 4.79. The number of aliphatic hydroxyl groups is 1. The number of anilines is 2. The van der Waals surface area contributed by atoms with E-state index >= 15 is 0 Å². The Hall–Kier alpha value is -1.75. The van der Waals surface area contributed by atoms with Gasteiger partial charge in [0.25, 0.3) is 5.91 Å². The molecule has 0 fully saturated rings. The highest BCUT2D eigenvalue weighted by Crippen LogP contribution is 2.16. The minimum atomic E-state index is -0.173. The van der Waals surface area contributed by atoms with Crippen molar-refractivity contribution in [3.8, 4) is 0 Å². The first-order chi connectivity index (χ1) is 7.95. The predicted octanol–water partition coefficient (Wildman–Crippen LogP) is 0.694. The third-order valence-electron chi connectivity index (χ3n) is 2.45. The van der Waals surface area contributed by atoms with E-state index in [9.17, 15) is 4.79 Å². The highest BCUT2D eigenvalue weighted by atomic mass is 16.3. The Morgan fingerprint density at radius 3 is 2.24 bits per heavy atom. The third-order valence-corrected chi connectivity index (χ3v) is 2.45. The maximum Gasteiger partial charge on any atom is 0.254 e. The van der Waals surface area contributed by atoms with Crippen molar-refractivity contribution in [1.82, 2.24) is 4.90 Å². The maximum atomic E-state index is 12.2. The zero-order valence-corrected chi connectivity index (χ0v) is 10.2. The van der Waals surface area contributed by atoms with E-state index in [0.29, 0.717) is 23.5 Å². The fourth-order valence-corrected chi connectivity index (χ4v) is 1.67. The molecule has 0 aromatic heterocycles. The van der Waals surface area contributed by atoms with Gasteiger partial charge in [-0.2, -0.15) is 0 Å². The van der Waals surface area contributed by atoms with Crippen LogP contribution in [0.15, 0.2) is 18.2 Å². The monoisotopic (exact) mass is 237 g/mol. The molecule has 17 heavy (non-hydrogen) atoms. The summed E-state index contributed by atoms with van der Waals surface area (Å²) in [5, 5.41) is 8.95. The third kappa shape index (κ3) is 3.35. The van der Waals surface area contributed by atoms with Crippen molar-refractivity contribution in [3.05, 3.63) is 23.8 Å². The summed E-state index contributed by atoms with van der Waals surface area (Å²) in [4.78, 5) is 13.8. The van der Waals surface area contributed by atoms with Crippen LogP contribution in [0, 0.1) is 0 Å². The molecule has 5 N–H and O–H groups in total. The van der Waals surface area contributed by atoms with Gasteiger partial charge in [0.2, 0.25) is 0 Å². The number of rotatable bonds is 4. The molecule has 94 valence electrons. The number of hydrogen-bond acceptors (Lipinski definition) is 4. The van der Waals surface area contributed by atoms with E-state index < -0.39 is 0 Å². The summed E-state index contributed by atoms with van der Waals surface area (Å²) >= 11 is 0. The Balaban J connectivity index is 3.00. The van der Waals surface area contributed by atoms with Crippen LogP contribution in [0.1, 0.15) is 24.2 Å². The molecule has 0 aliphatic heterocycles. The molecular formula is C12H19N3O2. The summed E-state index contributed by atoms with van der Waals surface area (Å²) in [5.41, 5.74) is 12.7. The molecule has 1 aromatic rings. The van der Waals surface area contributed by atoms with Crippen molar-refractivity contribution in [2.75, 3.05) is 24.6 Å². The molecule has 5 heteroatoms. The van der Waals surface area contributed by atoms with Gasteiger partial charge in [0.15, 0.2) is 0 Å². The van der Waals surface area contributed by atoms with Crippen LogP contribution in [-0.4, -0.2) is 35.1 Å². The lowest BCUT2D eigenvalue weighted by Crippen LogP contribution is -2.39. The van der Waals surface area contributed by atoms with Gasteiger partial charge in [-0.25, -0.2) is 0 Å². The lowest BCUT2D eigenvalue weighted by molar-refractivity contribution is 0.0665. The molecule has 0 saturated carbocycles. The van der Waals surface area contributed by atoms with Crippen molar-refractivity contribution < 1.29 is 9.90 Å². The van der Waals surface area contributed by atoms with Gasteiger partial charge in [-0.05, 0) is 32.0 Å². The van der Waals surface area contributed by atoms with E-state index in [-0.39, 0.29) is 18.6 Å². The standard InChI is InChI=1S/C12H19N3O2/c1-8(2)15(3-4-16)12(17)9-5-10(13)7-11(14)6-9/h5-8,16H,3-4,13-14H2,1-2H3. The smallest absolute Gasteiger partial charge is 0.254 e. The normalized spacial score (nSPS) is 10.6. The zero-order chi connectivity index (χ0) is 13.0. The first kappa shape index (κ1) is 13.3. The van der Waals surface area contributed by atoms with Gasteiger partial charge in [0.05, 0.1) is 6.61 Å². The lowest BCUT2D eigenvalue weighted by atomic mass is 10.1. The quantitative estimate of drug-likeness (QED) is 0.672. The second-order valence-corrected chi connectivity index (χ2v) is 4.20. The number of benzene rings is 1. The predicted molar refractivity (Wildman–Crippen MR) is 68.5 cm³/mol. The molecule has 0 atom stereocenters. The van der Waals surface area contributed by atoms with E-state index in [1.807, 2.05) is 13.8 Å². The van der Waals surface area contributed by atoms with Gasteiger partial charge in [0, 0.05) is 29.5 Å². The Morgan fingerprint density at radius 1 is 1.29 bits per heavy atom. The van der Waals surface area contributed by atoms with E-state index in [1.54, 1.807) is 23.1 Å². The SMILES string of the molecule is CC(C)N(CCO)C(=O)c1cc(N)cc(N)c1. The van der Waals surface area contributed by atoms with Crippen LogP contribution < -0.4 is 11.5 Å². The Morgan fingerprint density at radius 2 is 1.82 bits per heavy atom. The summed E-state index contributed by atoms with van der Waals surface area (Å²) in [6.07, 6.45) is 0. The molecule has 0 aliphatic rings. The molecule has 0 saturated heterocycles. The van der Waals surface area contributed by atoms with Crippen LogP contribution in [0.25, 0.3) is 0 Å². The summed E-state index contributed by atoms with van der Waals surface area (Å²) in [7, 11) is 0. The molecule has 1 rings (SSSR count). The van der Waals surface area contributed by atoms with Gasteiger partial charge in [-0.15, -0.1) is 0 Å². The molecule has 1 aromatic carbocycles. The fraction of sp³-hybridized carbons (Fsp3) is 0.417. The van der Waals surface area contributed by atoms with Crippen molar-refractivity contribution >= 4 is 17.3 Å². The Kier molecular flexibility index (Phi) is 4.34. The molecule has 1 amide bonds. The van der Waals surface area contributed by atoms with Crippen LogP contribution >= 0.6 is 0 Å². The number of carbonyl (C=O) groups is 1. The molecule has 0 radical (unpaired) electrons. The maximum absolute atomic E-state index is 12.2. The number of hydrogen-bond donors (Lipinski definition) is 3. The molecule has 0 spiro atoms. The fourth-order valence-electron chi connectivity index (χ4n) is 1.67.